The lowest BCUT2D eigenvalue weighted by Gasteiger charge is -2.20. The standard InChI is InChI=1S/C13H20ClN3/c1-4-11-16-12(14)9(3)13(17-11)15-10-7-5-6-8(10)2/h8,10H,4-7H2,1-3H3,(H,15,16,17). The molecular weight excluding hydrogens is 234 g/mol. The molecule has 3 nitrogen and oxygen atoms in total. The molecule has 2 rings (SSSR count). The highest BCUT2D eigenvalue weighted by atomic mass is 35.5. The zero-order valence-electron chi connectivity index (χ0n) is 10.8. The minimum Gasteiger partial charge on any atom is -0.367 e. The first-order chi connectivity index (χ1) is 8.11. The minimum absolute atomic E-state index is 0.532. The zero-order chi connectivity index (χ0) is 12.4. The van der Waals surface area contributed by atoms with E-state index in [0.717, 1.165) is 23.6 Å². The molecule has 1 saturated carbocycles. The van der Waals surface area contributed by atoms with E-state index in [1.165, 1.54) is 19.3 Å². The number of nitrogens with zero attached hydrogens (tertiary/aromatic N) is 2. The molecule has 17 heavy (non-hydrogen) atoms. The average Bonchev–Trinajstić information content (AvgIpc) is 2.70. The van der Waals surface area contributed by atoms with Crippen LogP contribution >= 0.6 is 11.6 Å². The number of halogens is 1. The van der Waals surface area contributed by atoms with Crippen LogP contribution < -0.4 is 5.32 Å². The first-order valence-corrected chi connectivity index (χ1v) is 6.79. The molecule has 0 aromatic carbocycles. The van der Waals surface area contributed by atoms with Crippen molar-refractivity contribution in [1.82, 2.24) is 9.97 Å². The Hall–Kier alpha value is -0.830. The Morgan fingerprint density at radius 1 is 1.35 bits per heavy atom. The van der Waals surface area contributed by atoms with E-state index in [1.807, 2.05) is 13.8 Å². The van der Waals surface area contributed by atoms with E-state index in [2.05, 4.69) is 22.2 Å². The molecule has 2 atom stereocenters. The van der Waals surface area contributed by atoms with Crippen LogP contribution in [-0.2, 0) is 6.42 Å². The maximum absolute atomic E-state index is 6.13. The molecule has 1 N–H and O–H groups in total. The van der Waals surface area contributed by atoms with Crippen LogP contribution in [0, 0.1) is 12.8 Å². The molecule has 94 valence electrons. The van der Waals surface area contributed by atoms with Gasteiger partial charge in [-0.2, -0.15) is 0 Å². The summed E-state index contributed by atoms with van der Waals surface area (Å²) in [4.78, 5) is 8.80. The summed E-state index contributed by atoms with van der Waals surface area (Å²) >= 11 is 6.13. The molecule has 4 heteroatoms. The maximum Gasteiger partial charge on any atom is 0.137 e. The third kappa shape index (κ3) is 2.71. The van der Waals surface area contributed by atoms with Gasteiger partial charge in [-0.15, -0.1) is 0 Å². The summed E-state index contributed by atoms with van der Waals surface area (Å²) in [6, 6.07) is 0.532. The van der Waals surface area contributed by atoms with Gasteiger partial charge in [-0.1, -0.05) is 31.9 Å². The van der Waals surface area contributed by atoms with Gasteiger partial charge in [-0.05, 0) is 25.7 Å². The molecule has 1 fully saturated rings. The summed E-state index contributed by atoms with van der Waals surface area (Å²) in [6.45, 7) is 6.32. The third-order valence-electron chi connectivity index (χ3n) is 3.63. The fourth-order valence-corrected chi connectivity index (χ4v) is 2.55. The van der Waals surface area contributed by atoms with Gasteiger partial charge in [0.2, 0.25) is 0 Å². The molecule has 1 aliphatic rings. The average molecular weight is 254 g/mol. The van der Waals surface area contributed by atoms with Crippen molar-refractivity contribution in [3.05, 3.63) is 16.5 Å². The molecule has 1 heterocycles. The molecule has 0 spiro atoms. The molecule has 0 amide bonds. The largest absolute Gasteiger partial charge is 0.367 e. The lowest BCUT2D eigenvalue weighted by molar-refractivity contribution is 0.554. The van der Waals surface area contributed by atoms with Gasteiger partial charge in [0.15, 0.2) is 0 Å². The Labute approximate surface area is 108 Å². The fraction of sp³-hybridized carbons (Fsp3) is 0.692. The number of hydrogen-bond donors (Lipinski definition) is 1. The van der Waals surface area contributed by atoms with Crippen molar-refractivity contribution in [2.24, 2.45) is 5.92 Å². The van der Waals surface area contributed by atoms with Gasteiger partial charge in [-0.25, -0.2) is 9.97 Å². The van der Waals surface area contributed by atoms with E-state index in [0.29, 0.717) is 17.1 Å². The van der Waals surface area contributed by atoms with E-state index in [1.54, 1.807) is 0 Å². The van der Waals surface area contributed by atoms with Gasteiger partial charge >= 0.3 is 0 Å². The van der Waals surface area contributed by atoms with Gasteiger partial charge in [-0.3, -0.25) is 0 Å². The Morgan fingerprint density at radius 3 is 2.71 bits per heavy atom. The highest BCUT2D eigenvalue weighted by molar-refractivity contribution is 6.30. The van der Waals surface area contributed by atoms with Gasteiger partial charge in [0.05, 0.1) is 0 Å². The molecular formula is C13H20ClN3. The van der Waals surface area contributed by atoms with Crippen molar-refractivity contribution in [2.45, 2.75) is 52.5 Å². The van der Waals surface area contributed by atoms with Crippen LogP contribution in [0.2, 0.25) is 5.15 Å². The van der Waals surface area contributed by atoms with E-state index in [4.69, 9.17) is 11.6 Å². The first-order valence-electron chi connectivity index (χ1n) is 6.41. The minimum atomic E-state index is 0.532. The van der Waals surface area contributed by atoms with Crippen molar-refractivity contribution in [3.8, 4) is 0 Å². The van der Waals surface area contributed by atoms with E-state index in [-0.39, 0.29) is 0 Å². The summed E-state index contributed by atoms with van der Waals surface area (Å²) in [6.07, 6.45) is 4.64. The Kier molecular flexibility index (Phi) is 3.87. The van der Waals surface area contributed by atoms with Gasteiger partial charge in [0.25, 0.3) is 0 Å². The maximum atomic E-state index is 6.13. The number of aryl methyl sites for hydroxylation is 1. The molecule has 1 aliphatic carbocycles. The van der Waals surface area contributed by atoms with Crippen molar-refractivity contribution in [3.63, 3.8) is 0 Å². The number of rotatable bonds is 3. The molecule has 0 aliphatic heterocycles. The highest BCUT2D eigenvalue weighted by Gasteiger charge is 2.24. The van der Waals surface area contributed by atoms with Crippen LogP contribution in [0.5, 0.6) is 0 Å². The fourth-order valence-electron chi connectivity index (χ4n) is 2.37. The topological polar surface area (TPSA) is 37.8 Å². The quantitative estimate of drug-likeness (QED) is 0.837. The van der Waals surface area contributed by atoms with Gasteiger partial charge < -0.3 is 5.32 Å². The molecule has 0 bridgehead atoms. The first kappa shape index (κ1) is 12.6. The third-order valence-corrected chi connectivity index (χ3v) is 4.00. The van der Waals surface area contributed by atoms with Gasteiger partial charge in [0, 0.05) is 18.0 Å². The smallest absolute Gasteiger partial charge is 0.137 e. The Bertz CT molecular complexity index is 406. The summed E-state index contributed by atoms with van der Waals surface area (Å²) in [7, 11) is 0. The van der Waals surface area contributed by atoms with Crippen LogP contribution in [0.15, 0.2) is 0 Å². The molecule has 0 saturated heterocycles. The predicted octanol–water partition coefficient (Wildman–Crippen LogP) is 3.60. The SMILES string of the molecule is CCc1nc(Cl)c(C)c(NC2CCCC2C)n1. The van der Waals surface area contributed by atoms with Crippen LogP contribution in [0.1, 0.15) is 44.5 Å². The van der Waals surface area contributed by atoms with E-state index >= 15 is 0 Å². The van der Waals surface area contributed by atoms with Crippen molar-refractivity contribution in [1.29, 1.82) is 0 Å². The van der Waals surface area contributed by atoms with Crippen molar-refractivity contribution >= 4 is 17.4 Å². The zero-order valence-corrected chi connectivity index (χ0v) is 11.5. The Morgan fingerprint density at radius 2 is 2.12 bits per heavy atom. The van der Waals surface area contributed by atoms with E-state index in [9.17, 15) is 0 Å². The predicted molar refractivity (Wildman–Crippen MR) is 71.6 cm³/mol. The monoisotopic (exact) mass is 253 g/mol. The second-order valence-electron chi connectivity index (χ2n) is 4.92. The number of aromatic nitrogens is 2. The van der Waals surface area contributed by atoms with Crippen LogP contribution in [0.3, 0.4) is 0 Å². The van der Waals surface area contributed by atoms with Crippen LogP contribution in [0.25, 0.3) is 0 Å². The van der Waals surface area contributed by atoms with Crippen LogP contribution in [-0.4, -0.2) is 16.0 Å². The molecule has 2 unspecified atom stereocenters. The second-order valence-corrected chi connectivity index (χ2v) is 5.27. The van der Waals surface area contributed by atoms with Crippen molar-refractivity contribution < 1.29 is 0 Å². The summed E-state index contributed by atoms with van der Waals surface area (Å²) in [5, 5.41) is 4.11. The molecule has 1 aromatic rings. The molecule has 1 aromatic heterocycles. The summed E-state index contributed by atoms with van der Waals surface area (Å²) < 4.78 is 0. The van der Waals surface area contributed by atoms with Gasteiger partial charge in [0.1, 0.15) is 16.8 Å². The van der Waals surface area contributed by atoms with E-state index < -0.39 is 0 Å². The summed E-state index contributed by atoms with van der Waals surface area (Å²) in [5.74, 6) is 2.45. The molecule has 0 radical (unpaired) electrons. The number of hydrogen-bond acceptors (Lipinski definition) is 3. The van der Waals surface area contributed by atoms with Crippen molar-refractivity contribution in [2.75, 3.05) is 5.32 Å². The Balaban J connectivity index is 2.22. The lowest BCUT2D eigenvalue weighted by Crippen LogP contribution is -2.23. The number of nitrogens with one attached hydrogen (secondary N) is 1. The lowest BCUT2D eigenvalue weighted by atomic mass is 10.1. The second kappa shape index (κ2) is 5.21. The highest BCUT2D eigenvalue weighted by Crippen LogP contribution is 2.29. The summed E-state index contributed by atoms with van der Waals surface area (Å²) in [5.41, 5.74) is 0.961. The normalized spacial score (nSPS) is 24.0. The van der Waals surface area contributed by atoms with Crippen LogP contribution in [0.4, 0.5) is 5.82 Å². The number of anilines is 1.